The summed E-state index contributed by atoms with van der Waals surface area (Å²) in [4.78, 5) is 66.1. The van der Waals surface area contributed by atoms with Gasteiger partial charge >= 0.3 is 23.9 Å². The molecule has 2 aromatic carbocycles. The molecule has 0 amide bonds. The van der Waals surface area contributed by atoms with Crippen LogP contribution >= 0.6 is 23.2 Å². The number of rotatable bonds is 10. The van der Waals surface area contributed by atoms with Crippen LogP contribution in [0.1, 0.15) is 74.1 Å². The molecular weight excluding hydrogens is 539 g/mol. The van der Waals surface area contributed by atoms with Crippen LogP contribution in [0, 0.1) is 0 Å². The molecule has 0 radical (unpaired) electrons. The van der Waals surface area contributed by atoms with Crippen LogP contribution in [-0.2, 0) is 29.1 Å². The van der Waals surface area contributed by atoms with Gasteiger partial charge in [0.1, 0.15) is 0 Å². The molecule has 0 saturated carbocycles. The van der Waals surface area contributed by atoms with Gasteiger partial charge in [0.15, 0.2) is 0 Å². The molecule has 0 heterocycles. The summed E-state index contributed by atoms with van der Waals surface area (Å²) in [5.41, 5.74) is -1.21. The summed E-state index contributed by atoms with van der Waals surface area (Å²) in [7, 11) is 0. The molecule has 0 fully saturated rings. The standard InChI is InChI=1S/C26H28Cl2N2O8/c1-25(2,13-11-21(31)35-37-23(33)17-7-5-9-19(27)15-17)29-30-26(3,4)14-12-22(32)36-38-24(34)18-8-6-10-20(28)16-18/h5-10,15-16H,11-14H2,1-4H3. The normalized spacial score (nSPS) is 11.6. The number of halogens is 2. The molecule has 0 atom stereocenters. The largest absolute Gasteiger partial charge is 0.386 e. The second-order valence-electron chi connectivity index (χ2n) is 9.50. The lowest BCUT2D eigenvalue weighted by Crippen LogP contribution is -2.23. The molecule has 38 heavy (non-hydrogen) atoms. The molecule has 0 aliphatic heterocycles. The van der Waals surface area contributed by atoms with E-state index in [1.165, 1.54) is 24.3 Å². The predicted octanol–water partition coefficient (Wildman–Crippen LogP) is 6.49. The molecular formula is C26H28Cl2N2O8. The summed E-state index contributed by atoms with van der Waals surface area (Å²) >= 11 is 11.6. The number of nitrogens with zero attached hydrogens (tertiary/aromatic N) is 2. The molecule has 204 valence electrons. The monoisotopic (exact) mass is 566 g/mol. The summed E-state index contributed by atoms with van der Waals surface area (Å²) in [6.07, 6.45) is 0.336. The number of hydrogen-bond donors (Lipinski definition) is 0. The quantitative estimate of drug-likeness (QED) is 0.181. The average Bonchev–Trinajstić information content (AvgIpc) is 2.87. The summed E-state index contributed by atoms with van der Waals surface area (Å²) < 4.78 is 0. The summed E-state index contributed by atoms with van der Waals surface area (Å²) in [6, 6.07) is 12.0. The van der Waals surface area contributed by atoms with Crippen LogP contribution in [0.4, 0.5) is 0 Å². The van der Waals surface area contributed by atoms with Crippen molar-refractivity contribution in [2.75, 3.05) is 0 Å². The van der Waals surface area contributed by atoms with Gasteiger partial charge in [-0.25, -0.2) is 38.7 Å². The van der Waals surface area contributed by atoms with Crippen molar-refractivity contribution >= 4 is 47.1 Å². The second-order valence-corrected chi connectivity index (χ2v) is 10.4. The van der Waals surface area contributed by atoms with Crippen molar-refractivity contribution in [1.29, 1.82) is 0 Å². The number of azo groups is 1. The molecule has 0 aromatic heterocycles. The van der Waals surface area contributed by atoms with E-state index in [-0.39, 0.29) is 36.8 Å². The van der Waals surface area contributed by atoms with E-state index in [0.29, 0.717) is 10.0 Å². The van der Waals surface area contributed by atoms with Gasteiger partial charge < -0.3 is 0 Å². The van der Waals surface area contributed by atoms with Gasteiger partial charge in [0.2, 0.25) is 0 Å². The van der Waals surface area contributed by atoms with Crippen molar-refractivity contribution in [2.24, 2.45) is 10.2 Å². The van der Waals surface area contributed by atoms with Gasteiger partial charge in [0.05, 0.1) is 35.0 Å². The smallest absolute Gasteiger partial charge is 0.247 e. The lowest BCUT2D eigenvalue weighted by molar-refractivity contribution is -0.234. The number of carbonyl (C=O) groups is 4. The fraction of sp³-hybridized carbons (Fsp3) is 0.385. The maximum absolute atomic E-state index is 12.0. The highest BCUT2D eigenvalue weighted by molar-refractivity contribution is 6.31. The van der Waals surface area contributed by atoms with Gasteiger partial charge in [0, 0.05) is 10.0 Å². The van der Waals surface area contributed by atoms with Gasteiger partial charge in [-0.3, -0.25) is 0 Å². The third-order valence-corrected chi connectivity index (χ3v) is 5.48. The van der Waals surface area contributed by atoms with Crippen molar-refractivity contribution in [2.45, 2.75) is 64.5 Å². The SMILES string of the molecule is CC(C)(CCC(=O)OOC(=O)c1cccc(Cl)c1)N=NC(C)(C)CCC(=O)OOC(=O)c1cccc(Cl)c1. The third-order valence-electron chi connectivity index (χ3n) is 5.01. The van der Waals surface area contributed by atoms with Crippen molar-refractivity contribution in [3.63, 3.8) is 0 Å². The molecule has 10 nitrogen and oxygen atoms in total. The average molecular weight is 567 g/mol. The fourth-order valence-corrected chi connectivity index (χ4v) is 3.15. The van der Waals surface area contributed by atoms with Gasteiger partial charge in [0.25, 0.3) is 0 Å². The van der Waals surface area contributed by atoms with E-state index in [9.17, 15) is 19.2 Å². The van der Waals surface area contributed by atoms with Gasteiger partial charge in [-0.2, -0.15) is 10.2 Å². The van der Waals surface area contributed by atoms with Crippen molar-refractivity contribution in [3.8, 4) is 0 Å². The van der Waals surface area contributed by atoms with Crippen molar-refractivity contribution in [3.05, 3.63) is 69.7 Å². The van der Waals surface area contributed by atoms with Gasteiger partial charge in [-0.05, 0) is 76.9 Å². The Bertz CT molecular complexity index is 1110. The van der Waals surface area contributed by atoms with Crippen LogP contribution in [0.3, 0.4) is 0 Å². The molecule has 0 spiro atoms. The second kappa shape index (κ2) is 13.9. The minimum Gasteiger partial charge on any atom is -0.247 e. The van der Waals surface area contributed by atoms with Crippen molar-refractivity contribution < 1.29 is 38.7 Å². The van der Waals surface area contributed by atoms with Crippen LogP contribution in [0.15, 0.2) is 58.8 Å². The summed E-state index contributed by atoms with van der Waals surface area (Å²) in [5, 5.41) is 9.28. The Hall–Kier alpha value is -3.50. The molecule has 2 rings (SSSR count). The van der Waals surface area contributed by atoms with Crippen LogP contribution in [0.2, 0.25) is 10.0 Å². The van der Waals surface area contributed by atoms with E-state index < -0.39 is 35.0 Å². The van der Waals surface area contributed by atoms with Crippen LogP contribution in [-0.4, -0.2) is 35.0 Å². The van der Waals surface area contributed by atoms with Crippen LogP contribution in [0.5, 0.6) is 0 Å². The third kappa shape index (κ3) is 11.3. The zero-order chi connectivity index (χ0) is 28.3. The van der Waals surface area contributed by atoms with E-state index in [1.807, 2.05) is 0 Å². The first kappa shape index (κ1) is 30.7. The lowest BCUT2D eigenvalue weighted by atomic mass is 9.98. The number of hydrogen-bond acceptors (Lipinski definition) is 10. The molecule has 0 bridgehead atoms. The number of carbonyl (C=O) groups excluding carboxylic acids is 4. The maximum atomic E-state index is 12.0. The van der Waals surface area contributed by atoms with E-state index in [4.69, 9.17) is 23.2 Å². The zero-order valence-corrected chi connectivity index (χ0v) is 22.9. The topological polar surface area (TPSA) is 130 Å². The van der Waals surface area contributed by atoms with E-state index in [0.717, 1.165) is 0 Å². The van der Waals surface area contributed by atoms with E-state index >= 15 is 0 Å². The molecule has 0 N–H and O–H groups in total. The molecule has 2 aromatic rings. The summed E-state index contributed by atoms with van der Waals surface area (Å²) in [6.45, 7) is 7.06. The molecule has 0 aliphatic carbocycles. The minimum atomic E-state index is -0.848. The summed E-state index contributed by atoms with van der Waals surface area (Å²) in [5.74, 6) is -3.20. The highest BCUT2D eigenvalue weighted by atomic mass is 35.5. The first-order valence-electron chi connectivity index (χ1n) is 11.5. The molecule has 12 heteroatoms. The Kier molecular flexibility index (Phi) is 11.2. The Labute approximate surface area is 230 Å². The van der Waals surface area contributed by atoms with Gasteiger partial charge in [-0.1, -0.05) is 35.3 Å². The number of benzene rings is 2. The minimum absolute atomic E-state index is 0.0837. The first-order valence-corrected chi connectivity index (χ1v) is 12.3. The van der Waals surface area contributed by atoms with Crippen LogP contribution in [0.25, 0.3) is 0 Å². The first-order chi connectivity index (χ1) is 17.8. The van der Waals surface area contributed by atoms with Gasteiger partial charge in [-0.15, -0.1) is 0 Å². The fourth-order valence-electron chi connectivity index (χ4n) is 2.77. The Balaban J connectivity index is 1.73. The predicted molar refractivity (Wildman–Crippen MR) is 137 cm³/mol. The Morgan fingerprint density at radius 1 is 0.658 bits per heavy atom. The Morgan fingerprint density at radius 2 is 1.03 bits per heavy atom. The van der Waals surface area contributed by atoms with E-state index in [1.54, 1.807) is 52.0 Å². The van der Waals surface area contributed by atoms with Crippen molar-refractivity contribution in [1.82, 2.24) is 0 Å². The molecule has 0 aliphatic rings. The molecule has 0 unspecified atom stereocenters. The van der Waals surface area contributed by atoms with Crippen LogP contribution < -0.4 is 0 Å². The zero-order valence-electron chi connectivity index (χ0n) is 21.4. The molecule has 0 saturated heterocycles. The van der Waals surface area contributed by atoms with E-state index in [2.05, 4.69) is 29.8 Å². The lowest BCUT2D eigenvalue weighted by Gasteiger charge is -2.22. The Morgan fingerprint density at radius 3 is 1.37 bits per heavy atom. The highest BCUT2D eigenvalue weighted by Gasteiger charge is 2.25. The highest BCUT2D eigenvalue weighted by Crippen LogP contribution is 2.24. The maximum Gasteiger partial charge on any atom is 0.386 e.